The average Bonchev–Trinajstić information content (AvgIpc) is 2.64. The molecule has 0 rings (SSSR count). The molecule has 0 aliphatic heterocycles. The first-order chi connectivity index (χ1) is 13.0. The summed E-state index contributed by atoms with van der Waals surface area (Å²) in [5.41, 5.74) is 0.156. The zero-order valence-electron chi connectivity index (χ0n) is 16.7. The highest BCUT2D eigenvalue weighted by Crippen LogP contribution is 2.13. The molecule has 0 radical (unpaired) electrons. The average molecular weight is 386 g/mol. The van der Waals surface area contributed by atoms with E-state index in [0.29, 0.717) is 25.9 Å². The Hall–Kier alpha value is -1.73. The van der Waals surface area contributed by atoms with E-state index in [1.807, 2.05) is 0 Å². The summed E-state index contributed by atoms with van der Waals surface area (Å²) in [6, 6.07) is 0. The van der Waals surface area contributed by atoms with Gasteiger partial charge in [0.25, 0.3) is 0 Å². The number of carbonyl (C=O) groups excluding carboxylic acids is 1. The summed E-state index contributed by atoms with van der Waals surface area (Å²) in [7, 11) is 0. The maximum absolute atomic E-state index is 11.2. The van der Waals surface area contributed by atoms with Crippen LogP contribution in [0.3, 0.4) is 0 Å². The maximum atomic E-state index is 11.2. The number of unbranched alkanes of at least 4 members (excludes halogenated alkanes) is 6. The van der Waals surface area contributed by atoms with E-state index in [1.165, 1.54) is 6.08 Å². The molecule has 156 valence electrons. The van der Waals surface area contributed by atoms with Crippen molar-refractivity contribution in [3.05, 3.63) is 34.0 Å². The fraction of sp³-hybridized carbons (Fsp3) is 0.750. The van der Waals surface area contributed by atoms with Gasteiger partial charge in [0.15, 0.2) is 0 Å². The summed E-state index contributed by atoms with van der Waals surface area (Å²) in [4.78, 5) is 26.4. The minimum Gasteiger partial charge on any atom is -0.466 e. The molecule has 0 aromatic heterocycles. The number of carbonyl (C=O) groups is 1. The number of hydrogen-bond donors (Lipinski definition) is 1. The molecule has 0 aliphatic rings. The lowest BCUT2D eigenvalue weighted by Gasteiger charge is -2.07. The molecule has 0 amide bonds. The molecule has 7 heteroatoms. The lowest BCUT2D eigenvalue weighted by Crippen LogP contribution is -2.06. The number of hydrogen-bond acceptors (Lipinski definition) is 6. The predicted octanol–water partition coefficient (Wildman–Crippen LogP) is 5.44. The van der Waals surface area contributed by atoms with Crippen molar-refractivity contribution in [3.8, 4) is 0 Å². The van der Waals surface area contributed by atoms with Gasteiger partial charge in [-0.1, -0.05) is 57.6 Å². The molecule has 0 saturated heterocycles. The van der Waals surface area contributed by atoms with Crippen LogP contribution >= 0.6 is 0 Å². The van der Waals surface area contributed by atoms with Crippen molar-refractivity contribution >= 4 is 5.97 Å². The van der Waals surface area contributed by atoms with E-state index < -0.39 is 6.10 Å². The van der Waals surface area contributed by atoms with E-state index in [1.54, 1.807) is 19.1 Å². The summed E-state index contributed by atoms with van der Waals surface area (Å²) in [6.45, 7) is 4.29. The van der Waals surface area contributed by atoms with E-state index in [-0.39, 0.29) is 16.6 Å². The van der Waals surface area contributed by atoms with Crippen LogP contribution in [-0.2, 0) is 14.4 Å². The molecule has 0 saturated carbocycles. The second kappa shape index (κ2) is 17.7. The summed E-state index contributed by atoms with van der Waals surface area (Å²) in [5.74, 6) is -0.164. The summed E-state index contributed by atoms with van der Waals surface area (Å²) >= 11 is 0. The van der Waals surface area contributed by atoms with Gasteiger partial charge in [-0.2, -0.15) is 0 Å². The fourth-order valence-electron chi connectivity index (χ4n) is 2.64. The van der Waals surface area contributed by atoms with Crippen molar-refractivity contribution in [3.63, 3.8) is 0 Å². The van der Waals surface area contributed by atoms with Gasteiger partial charge < -0.3 is 4.74 Å². The van der Waals surface area contributed by atoms with E-state index in [0.717, 1.165) is 51.4 Å². The molecule has 7 nitrogen and oxygen atoms in total. The molecule has 0 fully saturated rings. The zero-order chi connectivity index (χ0) is 20.3. The first-order valence-corrected chi connectivity index (χ1v) is 10.0. The number of ether oxygens (including phenoxy) is 1. The van der Waals surface area contributed by atoms with Crippen LogP contribution in [0.15, 0.2) is 23.9 Å². The third kappa shape index (κ3) is 15.1. The molecule has 1 atom stereocenters. The number of esters is 1. The number of nitrogens with zero attached hydrogens (tertiary/aromatic N) is 1. The van der Waals surface area contributed by atoms with Gasteiger partial charge in [-0.15, -0.1) is 0 Å². The molecular weight excluding hydrogens is 350 g/mol. The number of nitro groups is 1. The smallest absolute Gasteiger partial charge is 0.305 e. The standard InChI is InChI=1S/C20H35NO6/c1-3-5-9-15-19(27-25)16-12-14-18(21(23)24)13-10-7-6-8-11-17-20(22)26-4-2/h12,14,16,19,25H,3-11,13,15,17H2,1-2H3/b16-12+,18-14+. The SMILES string of the molecule is CCCCCC(/C=C/C=C(\CCCCCCCC(=O)OCC)[N+](=O)[O-])OO. The van der Waals surface area contributed by atoms with Gasteiger partial charge >= 0.3 is 5.97 Å². The normalized spacial score (nSPS) is 13.1. The Morgan fingerprint density at radius 1 is 1.07 bits per heavy atom. The third-order valence-corrected chi connectivity index (χ3v) is 4.20. The van der Waals surface area contributed by atoms with Crippen LogP contribution in [-0.4, -0.2) is 28.9 Å². The Morgan fingerprint density at radius 3 is 2.33 bits per heavy atom. The van der Waals surface area contributed by atoms with Gasteiger partial charge in [0.05, 0.1) is 11.5 Å². The first-order valence-electron chi connectivity index (χ1n) is 10.0. The Balaban J connectivity index is 4.11. The zero-order valence-corrected chi connectivity index (χ0v) is 16.7. The van der Waals surface area contributed by atoms with Gasteiger partial charge in [0.2, 0.25) is 5.70 Å². The van der Waals surface area contributed by atoms with E-state index in [9.17, 15) is 14.9 Å². The lowest BCUT2D eigenvalue weighted by atomic mass is 10.1. The summed E-state index contributed by atoms with van der Waals surface area (Å²) in [5, 5.41) is 20.0. The van der Waals surface area contributed by atoms with Crippen LogP contribution in [0.2, 0.25) is 0 Å². The van der Waals surface area contributed by atoms with Crippen molar-refractivity contribution in [2.45, 2.75) is 90.6 Å². The van der Waals surface area contributed by atoms with Crippen molar-refractivity contribution in [1.82, 2.24) is 0 Å². The van der Waals surface area contributed by atoms with Crippen molar-refractivity contribution in [2.24, 2.45) is 0 Å². The van der Waals surface area contributed by atoms with Crippen LogP contribution in [0.5, 0.6) is 0 Å². The topological polar surface area (TPSA) is 98.9 Å². The van der Waals surface area contributed by atoms with Gasteiger partial charge in [0.1, 0.15) is 6.10 Å². The van der Waals surface area contributed by atoms with Gasteiger partial charge in [-0.3, -0.25) is 20.2 Å². The van der Waals surface area contributed by atoms with E-state index >= 15 is 0 Å². The predicted molar refractivity (Wildman–Crippen MR) is 105 cm³/mol. The highest BCUT2D eigenvalue weighted by atomic mass is 17.1. The first kappa shape index (κ1) is 25.3. The Labute approximate surface area is 162 Å². The number of rotatable bonds is 17. The second-order valence-corrected chi connectivity index (χ2v) is 6.51. The van der Waals surface area contributed by atoms with Crippen LogP contribution in [0.25, 0.3) is 0 Å². The molecule has 1 unspecified atom stereocenters. The monoisotopic (exact) mass is 385 g/mol. The molecule has 27 heavy (non-hydrogen) atoms. The maximum Gasteiger partial charge on any atom is 0.305 e. The molecule has 0 aromatic carbocycles. The van der Waals surface area contributed by atoms with Crippen LogP contribution in [0.4, 0.5) is 0 Å². The largest absolute Gasteiger partial charge is 0.466 e. The minimum atomic E-state index is -0.430. The molecule has 0 bridgehead atoms. The van der Waals surface area contributed by atoms with Crippen LogP contribution in [0.1, 0.15) is 84.5 Å². The molecule has 0 aliphatic carbocycles. The van der Waals surface area contributed by atoms with Crippen LogP contribution < -0.4 is 0 Å². The fourth-order valence-corrected chi connectivity index (χ4v) is 2.64. The quantitative estimate of drug-likeness (QED) is 0.0894. The molecule has 1 N–H and O–H groups in total. The Bertz CT molecular complexity index is 461. The van der Waals surface area contributed by atoms with Crippen molar-refractivity contribution in [1.29, 1.82) is 0 Å². The summed E-state index contributed by atoms with van der Waals surface area (Å²) in [6.07, 6.45) is 13.2. The second-order valence-electron chi connectivity index (χ2n) is 6.51. The summed E-state index contributed by atoms with van der Waals surface area (Å²) < 4.78 is 4.86. The van der Waals surface area contributed by atoms with Crippen molar-refractivity contribution in [2.75, 3.05) is 6.61 Å². The van der Waals surface area contributed by atoms with Gasteiger partial charge in [-0.25, -0.2) is 4.89 Å². The third-order valence-electron chi connectivity index (χ3n) is 4.20. The van der Waals surface area contributed by atoms with Crippen molar-refractivity contribution < 1.29 is 24.6 Å². The molecule has 0 aromatic rings. The van der Waals surface area contributed by atoms with Crippen LogP contribution in [0, 0.1) is 10.1 Å². The molecule has 0 heterocycles. The highest BCUT2D eigenvalue weighted by molar-refractivity contribution is 5.69. The minimum absolute atomic E-state index is 0.156. The Kier molecular flexibility index (Phi) is 16.5. The Morgan fingerprint density at radius 2 is 1.74 bits per heavy atom. The van der Waals surface area contributed by atoms with E-state index in [2.05, 4.69) is 11.8 Å². The van der Waals surface area contributed by atoms with E-state index in [4.69, 9.17) is 9.99 Å². The lowest BCUT2D eigenvalue weighted by molar-refractivity contribution is -0.428. The number of allylic oxidation sites excluding steroid dienone is 3. The molecule has 0 spiro atoms. The molecular formula is C20H35NO6. The van der Waals surface area contributed by atoms with Gasteiger partial charge in [-0.05, 0) is 26.2 Å². The van der Waals surface area contributed by atoms with Gasteiger partial charge in [0, 0.05) is 18.9 Å². The highest BCUT2D eigenvalue weighted by Gasteiger charge is 2.09.